The second kappa shape index (κ2) is 5.39. The number of nitrogens with zero attached hydrogens (tertiary/aromatic N) is 2. The van der Waals surface area contributed by atoms with Gasteiger partial charge in [0, 0.05) is 37.0 Å². The first kappa shape index (κ1) is 13.9. The van der Waals surface area contributed by atoms with Gasteiger partial charge in [0.05, 0.1) is 5.92 Å². The maximum absolute atomic E-state index is 12.4. The highest BCUT2D eigenvalue weighted by Crippen LogP contribution is 2.24. The van der Waals surface area contributed by atoms with E-state index in [-0.39, 0.29) is 17.9 Å². The molecule has 1 aliphatic heterocycles. The Bertz CT molecular complexity index is 656. The predicted octanol–water partition coefficient (Wildman–Crippen LogP) is 2.33. The molecule has 112 valence electrons. The van der Waals surface area contributed by atoms with E-state index < -0.39 is 0 Å². The number of aryl methyl sites for hydroxylation is 3. The van der Waals surface area contributed by atoms with E-state index >= 15 is 0 Å². The van der Waals surface area contributed by atoms with Gasteiger partial charge in [-0.25, -0.2) is 4.98 Å². The monoisotopic (exact) mass is 287 g/mol. The Hall–Kier alpha value is -2.04. The van der Waals surface area contributed by atoms with Crippen LogP contribution in [0.5, 0.6) is 0 Å². The highest BCUT2D eigenvalue weighted by Gasteiger charge is 2.25. The van der Waals surface area contributed by atoms with E-state index in [1.807, 2.05) is 39.2 Å². The summed E-state index contributed by atoms with van der Waals surface area (Å²) >= 11 is 0. The van der Waals surface area contributed by atoms with Crippen LogP contribution in [0, 0.1) is 13.8 Å². The minimum absolute atomic E-state index is 0.0625. The summed E-state index contributed by atoms with van der Waals surface area (Å²) in [5.74, 6) is 2.66. The molecule has 0 bridgehead atoms. The van der Waals surface area contributed by atoms with Crippen LogP contribution >= 0.6 is 0 Å². The molecule has 1 aliphatic rings. The third kappa shape index (κ3) is 2.73. The number of imidazole rings is 1. The largest absolute Gasteiger partial charge is 0.466 e. The standard InChI is InChI=1S/C16H21N3O2/c1-10-8-14(12(3)21-10)11(2)16(20)18-13-4-5-15-17-6-7-19(15)9-13/h6-8,11,13H,4-5,9H2,1-3H3,(H,18,20)/t11-,13-/m1/s1. The van der Waals surface area contributed by atoms with Gasteiger partial charge in [-0.15, -0.1) is 0 Å². The zero-order chi connectivity index (χ0) is 15.0. The Morgan fingerprint density at radius 1 is 1.52 bits per heavy atom. The van der Waals surface area contributed by atoms with Gasteiger partial charge in [0.2, 0.25) is 5.91 Å². The third-order valence-corrected chi connectivity index (χ3v) is 4.22. The Labute approximate surface area is 124 Å². The lowest BCUT2D eigenvalue weighted by atomic mass is 9.99. The fraction of sp³-hybridized carbons (Fsp3) is 0.500. The van der Waals surface area contributed by atoms with Gasteiger partial charge in [0.15, 0.2) is 0 Å². The van der Waals surface area contributed by atoms with Crippen LogP contribution in [-0.4, -0.2) is 21.5 Å². The van der Waals surface area contributed by atoms with Crippen molar-refractivity contribution in [2.75, 3.05) is 0 Å². The molecule has 0 aromatic carbocycles. The molecule has 3 rings (SSSR count). The first-order valence-electron chi connectivity index (χ1n) is 7.42. The smallest absolute Gasteiger partial charge is 0.227 e. The maximum atomic E-state index is 12.4. The first-order valence-corrected chi connectivity index (χ1v) is 7.42. The zero-order valence-electron chi connectivity index (χ0n) is 12.7. The normalized spacial score (nSPS) is 19.1. The van der Waals surface area contributed by atoms with Gasteiger partial charge < -0.3 is 14.3 Å². The van der Waals surface area contributed by atoms with Crippen molar-refractivity contribution in [3.05, 3.63) is 41.4 Å². The summed E-state index contributed by atoms with van der Waals surface area (Å²) in [6.07, 6.45) is 5.65. The fourth-order valence-corrected chi connectivity index (χ4v) is 3.03. The number of aromatic nitrogens is 2. The lowest BCUT2D eigenvalue weighted by Gasteiger charge is -2.26. The van der Waals surface area contributed by atoms with E-state index in [0.717, 1.165) is 42.3 Å². The van der Waals surface area contributed by atoms with Crippen molar-refractivity contribution in [3.63, 3.8) is 0 Å². The fourth-order valence-electron chi connectivity index (χ4n) is 3.03. The van der Waals surface area contributed by atoms with Gasteiger partial charge in [-0.3, -0.25) is 4.79 Å². The molecule has 2 aromatic heterocycles. The van der Waals surface area contributed by atoms with Crippen molar-refractivity contribution in [3.8, 4) is 0 Å². The minimum atomic E-state index is -0.188. The van der Waals surface area contributed by atoms with Crippen LogP contribution in [0.1, 0.15) is 42.2 Å². The van der Waals surface area contributed by atoms with Gasteiger partial charge in [-0.2, -0.15) is 0 Å². The van der Waals surface area contributed by atoms with Gasteiger partial charge in [0.25, 0.3) is 0 Å². The number of hydrogen-bond donors (Lipinski definition) is 1. The molecule has 0 radical (unpaired) electrons. The van der Waals surface area contributed by atoms with Crippen LogP contribution in [0.2, 0.25) is 0 Å². The molecule has 5 nitrogen and oxygen atoms in total. The maximum Gasteiger partial charge on any atom is 0.227 e. The van der Waals surface area contributed by atoms with Crippen molar-refractivity contribution in [1.82, 2.24) is 14.9 Å². The molecule has 0 unspecified atom stereocenters. The summed E-state index contributed by atoms with van der Waals surface area (Å²) in [5, 5.41) is 3.16. The molecule has 21 heavy (non-hydrogen) atoms. The highest BCUT2D eigenvalue weighted by atomic mass is 16.3. The molecule has 3 heterocycles. The van der Waals surface area contributed by atoms with Gasteiger partial charge in [-0.05, 0) is 33.3 Å². The minimum Gasteiger partial charge on any atom is -0.466 e. The average Bonchev–Trinajstić information content (AvgIpc) is 3.03. The molecule has 0 fully saturated rings. The molecule has 2 aromatic rings. The Balaban J connectivity index is 1.65. The summed E-state index contributed by atoms with van der Waals surface area (Å²) in [6, 6.07) is 2.13. The molecule has 0 spiro atoms. The SMILES string of the molecule is Cc1cc([C@@H](C)C(=O)N[C@@H]2CCc3nccn3C2)c(C)o1. The van der Waals surface area contributed by atoms with E-state index in [2.05, 4.69) is 14.9 Å². The Morgan fingerprint density at radius 2 is 2.33 bits per heavy atom. The van der Waals surface area contributed by atoms with Crippen molar-refractivity contribution >= 4 is 5.91 Å². The van der Waals surface area contributed by atoms with Crippen LogP contribution in [0.25, 0.3) is 0 Å². The van der Waals surface area contributed by atoms with E-state index in [1.165, 1.54) is 0 Å². The number of carbonyl (C=O) groups is 1. The summed E-state index contributed by atoms with van der Waals surface area (Å²) in [7, 11) is 0. The number of hydrogen-bond acceptors (Lipinski definition) is 3. The lowest BCUT2D eigenvalue weighted by molar-refractivity contribution is -0.123. The summed E-state index contributed by atoms with van der Waals surface area (Å²) < 4.78 is 7.64. The first-order chi connectivity index (χ1) is 10.0. The lowest BCUT2D eigenvalue weighted by Crippen LogP contribution is -2.42. The quantitative estimate of drug-likeness (QED) is 0.942. The van der Waals surface area contributed by atoms with Crippen LogP contribution < -0.4 is 5.32 Å². The van der Waals surface area contributed by atoms with E-state index in [4.69, 9.17) is 4.42 Å². The summed E-state index contributed by atoms with van der Waals surface area (Å²) in [5.41, 5.74) is 0.976. The van der Waals surface area contributed by atoms with Crippen LogP contribution in [0.3, 0.4) is 0 Å². The van der Waals surface area contributed by atoms with Crippen molar-refractivity contribution in [1.29, 1.82) is 0 Å². The Morgan fingerprint density at radius 3 is 3.05 bits per heavy atom. The van der Waals surface area contributed by atoms with Gasteiger partial charge in [-0.1, -0.05) is 0 Å². The van der Waals surface area contributed by atoms with Crippen molar-refractivity contribution < 1.29 is 9.21 Å². The van der Waals surface area contributed by atoms with Crippen LogP contribution in [-0.2, 0) is 17.8 Å². The summed E-state index contributed by atoms with van der Waals surface area (Å²) in [4.78, 5) is 16.8. The predicted molar refractivity (Wildman–Crippen MR) is 79.1 cm³/mol. The molecule has 2 atom stereocenters. The zero-order valence-corrected chi connectivity index (χ0v) is 12.7. The number of nitrogens with one attached hydrogen (secondary N) is 1. The summed E-state index contributed by atoms with van der Waals surface area (Å²) in [6.45, 7) is 6.54. The third-order valence-electron chi connectivity index (χ3n) is 4.22. The number of carbonyl (C=O) groups excluding carboxylic acids is 1. The van der Waals surface area contributed by atoms with E-state index in [0.29, 0.717) is 0 Å². The number of furan rings is 1. The average molecular weight is 287 g/mol. The molecule has 0 saturated heterocycles. The molecule has 1 N–H and O–H groups in total. The molecular formula is C16H21N3O2. The van der Waals surface area contributed by atoms with Crippen molar-refractivity contribution in [2.45, 2.75) is 52.1 Å². The highest BCUT2D eigenvalue weighted by molar-refractivity contribution is 5.83. The number of fused-ring (bicyclic) bond motifs is 1. The van der Waals surface area contributed by atoms with Gasteiger partial charge in [0.1, 0.15) is 17.3 Å². The van der Waals surface area contributed by atoms with E-state index in [9.17, 15) is 4.79 Å². The molecule has 0 aliphatic carbocycles. The van der Waals surface area contributed by atoms with E-state index in [1.54, 1.807) is 0 Å². The molecule has 5 heteroatoms. The molecule has 1 amide bonds. The van der Waals surface area contributed by atoms with Crippen LogP contribution in [0.4, 0.5) is 0 Å². The van der Waals surface area contributed by atoms with Crippen LogP contribution in [0.15, 0.2) is 22.9 Å². The molecular weight excluding hydrogens is 266 g/mol. The second-order valence-electron chi connectivity index (χ2n) is 5.83. The topological polar surface area (TPSA) is 60.1 Å². The Kier molecular flexibility index (Phi) is 3.57. The number of amides is 1. The van der Waals surface area contributed by atoms with Gasteiger partial charge >= 0.3 is 0 Å². The van der Waals surface area contributed by atoms with Crippen molar-refractivity contribution in [2.24, 2.45) is 0 Å². The second-order valence-corrected chi connectivity index (χ2v) is 5.83. The number of rotatable bonds is 3. The molecule has 0 saturated carbocycles.